The van der Waals surface area contributed by atoms with Crippen LogP contribution in [0.5, 0.6) is 11.5 Å². The summed E-state index contributed by atoms with van der Waals surface area (Å²) in [6.45, 7) is 10.9. The number of hydrogen-bond donors (Lipinski definition) is 0. The highest BCUT2D eigenvalue weighted by atomic mass is 16.6. The molecule has 2 heterocycles. The van der Waals surface area contributed by atoms with Crippen LogP contribution in [0.25, 0.3) is 12.2 Å². The van der Waals surface area contributed by atoms with Crippen molar-refractivity contribution in [1.82, 2.24) is 0 Å². The minimum Gasteiger partial charge on any atom is -0.494 e. The van der Waals surface area contributed by atoms with Crippen LogP contribution in [-0.2, 0) is 38.0 Å². The Hall–Kier alpha value is -3.70. The predicted octanol–water partition coefficient (Wildman–Crippen LogP) is 13.8. The first-order valence-corrected chi connectivity index (χ1v) is 26.9. The van der Waals surface area contributed by atoms with Crippen LogP contribution in [0.2, 0.25) is 0 Å². The molecule has 0 radical (unpaired) electrons. The summed E-state index contributed by atoms with van der Waals surface area (Å²) in [5, 5.41) is 0. The lowest BCUT2D eigenvalue weighted by Gasteiger charge is -2.27. The molecule has 0 spiro atoms. The lowest BCUT2D eigenvalue weighted by Crippen LogP contribution is -2.29. The third-order valence-corrected chi connectivity index (χ3v) is 13.5. The van der Waals surface area contributed by atoms with Gasteiger partial charge in [0.05, 0.1) is 37.6 Å². The Morgan fingerprint density at radius 1 is 0.456 bits per heavy atom. The number of unbranched alkanes of at least 4 members (excludes halogenated alkanes) is 18. The maximum absolute atomic E-state index is 12.6. The van der Waals surface area contributed by atoms with Crippen LogP contribution >= 0.6 is 0 Å². The fourth-order valence-electron chi connectivity index (χ4n) is 8.49. The van der Waals surface area contributed by atoms with Crippen molar-refractivity contribution in [2.24, 2.45) is 0 Å². The zero-order valence-corrected chi connectivity index (χ0v) is 42.2. The second kappa shape index (κ2) is 33.0. The number of benzene rings is 2. The minimum atomic E-state index is -0.359. The first-order chi connectivity index (χ1) is 33.3. The summed E-state index contributed by atoms with van der Waals surface area (Å²) in [4.78, 5) is 25.2. The van der Waals surface area contributed by atoms with Gasteiger partial charge in [-0.1, -0.05) is 127 Å². The minimum absolute atomic E-state index is 0.112. The molecule has 2 saturated heterocycles. The van der Waals surface area contributed by atoms with E-state index >= 15 is 0 Å². The molecular formula is C58H88O10. The van der Waals surface area contributed by atoms with Gasteiger partial charge in [0.15, 0.2) is 0 Å². The van der Waals surface area contributed by atoms with Gasteiger partial charge < -0.3 is 37.9 Å². The SMILES string of the molecule is CC1(CCOCCCCCCCCCCCCOc2ccc(/C=C/C(=O)OC3CCC(OC(=O)/C=C/c4ccc(OCCCCCCCCCCCCOCCC5(C)CO5)cc4)CC3)cc2)CO1. The molecule has 2 aromatic carbocycles. The molecule has 2 unspecified atom stereocenters. The van der Waals surface area contributed by atoms with Crippen LogP contribution in [0.1, 0.15) is 192 Å². The third-order valence-electron chi connectivity index (χ3n) is 13.5. The summed E-state index contributed by atoms with van der Waals surface area (Å²) >= 11 is 0. The maximum atomic E-state index is 12.6. The molecule has 1 saturated carbocycles. The second-order valence-corrected chi connectivity index (χ2v) is 20.0. The van der Waals surface area contributed by atoms with Gasteiger partial charge in [0.2, 0.25) is 0 Å². The van der Waals surface area contributed by atoms with Crippen molar-refractivity contribution < 1.29 is 47.5 Å². The molecular weight excluding hydrogens is 857 g/mol. The van der Waals surface area contributed by atoms with Crippen LogP contribution < -0.4 is 9.47 Å². The van der Waals surface area contributed by atoms with E-state index in [1.165, 1.54) is 128 Å². The molecule has 0 bridgehead atoms. The van der Waals surface area contributed by atoms with Crippen LogP contribution in [0.4, 0.5) is 0 Å². The Kier molecular flexibility index (Phi) is 26.8. The Balaban J connectivity index is 0.781. The van der Waals surface area contributed by atoms with Gasteiger partial charge in [-0.15, -0.1) is 0 Å². The number of carbonyl (C=O) groups is 2. The maximum Gasteiger partial charge on any atom is 0.331 e. The molecule has 1 aliphatic carbocycles. The lowest BCUT2D eigenvalue weighted by atomic mass is 9.95. The van der Waals surface area contributed by atoms with E-state index in [1.807, 2.05) is 48.5 Å². The van der Waals surface area contributed by atoms with Gasteiger partial charge in [-0.2, -0.15) is 0 Å². The smallest absolute Gasteiger partial charge is 0.331 e. The van der Waals surface area contributed by atoms with Gasteiger partial charge >= 0.3 is 11.9 Å². The summed E-state index contributed by atoms with van der Waals surface area (Å²) in [7, 11) is 0. The van der Waals surface area contributed by atoms with E-state index in [2.05, 4.69) is 13.8 Å². The largest absolute Gasteiger partial charge is 0.494 e. The molecule has 2 aliphatic heterocycles. The van der Waals surface area contributed by atoms with E-state index in [9.17, 15) is 9.59 Å². The van der Waals surface area contributed by atoms with Crippen molar-refractivity contribution >= 4 is 24.1 Å². The van der Waals surface area contributed by atoms with Gasteiger partial charge in [-0.05, 0) is 113 Å². The standard InChI is InChI=1S/C58H88O10/c1-57(47-65-57)39-45-61-41-19-15-11-7-3-5-9-13-17-21-43-63-51-29-23-49(24-30-51)27-37-55(59)67-53-33-35-54(36-34-53)68-56(60)38-28-50-25-31-52(32-26-50)64-44-22-18-14-10-6-4-8-12-16-20-42-62-46-40-58(2)48-66-58/h23-32,37-38,53-54H,3-22,33-36,39-48H2,1-2H3/b37-27+,38-28+. The van der Waals surface area contributed by atoms with Crippen molar-refractivity contribution in [1.29, 1.82) is 0 Å². The highest BCUT2D eigenvalue weighted by molar-refractivity contribution is 5.87. The molecule has 2 aromatic rings. The number of carbonyl (C=O) groups excluding carboxylic acids is 2. The van der Waals surface area contributed by atoms with E-state index in [0.29, 0.717) is 25.7 Å². The normalized spacial score (nSPS) is 21.0. The number of rotatable bonds is 40. The molecule has 68 heavy (non-hydrogen) atoms. The summed E-state index contributed by atoms with van der Waals surface area (Å²) in [5.41, 5.74) is 2.05. The molecule has 10 nitrogen and oxygen atoms in total. The average molecular weight is 945 g/mol. The van der Waals surface area contributed by atoms with Crippen LogP contribution in [0.3, 0.4) is 0 Å². The highest BCUT2D eigenvalue weighted by Gasteiger charge is 2.39. The number of ether oxygens (including phenoxy) is 8. The van der Waals surface area contributed by atoms with Crippen molar-refractivity contribution in [3.63, 3.8) is 0 Å². The topological polar surface area (TPSA) is 115 Å². The highest BCUT2D eigenvalue weighted by Crippen LogP contribution is 2.30. The summed E-state index contributed by atoms with van der Waals surface area (Å²) in [6.07, 6.45) is 35.9. The molecule has 3 fully saturated rings. The molecule has 0 amide bonds. The first kappa shape index (κ1) is 55.2. The Morgan fingerprint density at radius 3 is 1.06 bits per heavy atom. The molecule has 0 aromatic heterocycles. The van der Waals surface area contributed by atoms with Gasteiger partial charge in [0.1, 0.15) is 23.7 Å². The second-order valence-electron chi connectivity index (χ2n) is 20.0. The van der Waals surface area contributed by atoms with Crippen molar-refractivity contribution in [3.05, 3.63) is 71.8 Å². The van der Waals surface area contributed by atoms with Gasteiger partial charge in [0.25, 0.3) is 0 Å². The van der Waals surface area contributed by atoms with Crippen molar-refractivity contribution in [3.8, 4) is 11.5 Å². The molecule has 10 heteroatoms. The van der Waals surface area contributed by atoms with E-state index in [-0.39, 0.29) is 35.3 Å². The average Bonchev–Trinajstić information content (AvgIpc) is 4.28. The Labute approximate surface area is 410 Å². The number of esters is 2. The molecule has 0 N–H and O–H groups in total. The predicted molar refractivity (Wildman–Crippen MR) is 272 cm³/mol. The molecule has 380 valence electrons. The molecule has 3 aliphatic rings. The van der Waals surface area contributed by atoms with E-state index in [1.54, 1.807) is 12.2 Å². The fraction of sp³-hybridized carbons (Fsp3) is 0.690. The Bertz CT molecular complexity index is 1560. The fourth-order valence-corrected chi connectivity index (χ4v) is 8.49. The van der Waals surface area contributed by atoms with Gasteiger partial charge in [-0.25, -0.2) is 9.59 Å². The quantitative estimate of drug-likeness (QED) is 0.0277. The van der Waals surface area contributed by atoms with Crippen molar-refractivity contribution in [2.45, 2.75) is 204 Å². The number of hydrogen-bond acceptors (Lipinski definition) is 10. The zero-order chi connectivity index (χ0) is 47.8. The zero-order valence-electron chi connectivity index (χ0n) is 42.2. The van der Waals surface area contributed by atoms with Crippen LogP contribution in [0.15, 0.2) is 60.7 Å². The van der Waals surface area contributed by atoms with Gasteiger partial charge in [-0.3, -0.25) is 0 Å². The van der Waals surface area contributed by atoms with E-state index in [4.69, 9.17) is 37.9 Å². The van der Waals surface area contributed by atoms with E-state index in [0.717, 1.165) is 101 Å². The molecule has 5 rings (SSSR count). The third kappa shape index (κ3) is 26.3. The van der Waals surface area contributed by atoms with Gasteiger partial charge in [0, 0.05) is 51.4 Å². The number of epoxide rings is 2. The first-order valence-electron chi connectivity index (χ1n) is 26.9. The molecule has 2 atom stereocenters. The lowest BCUT2D eigenvalue weighted by molar-refractivity contribution is -0.151. The van der Waals surface area contributed by atoms with Crippen LogP contribution in [-0.4, -0.2) is 88.2 Å². The monoisotopic (exact) mass is 945 g/mol. The Morgan fingerprint density at radius 2 is 0.750 bits per heavy atom. The van der Waals surface area contributed by atoms with Crippen molar-refractivity contribution in [2.75, 3.05) is 52.9 Å². The van der Waals surface area contributed by atoms with Crippen LogP contribution in [0, 0.1) is 0 Å². The summed E-state index contributed by atoms with van der Waals surface area (Å²) in [5.74, 6) is 0.968. The summed E-state index contributed by atoms with van der Waals surface area (Å²) < 4.78 is 45.6. The van der Waals surface area contributed by atoms with E-state index < -0.39 is 0 Å². The summed E-state index contributed by atoms with van der Waals surface area (Å²) in [6, 6.07) is 15.6.